The normalized spacial score (nSPS) is 10.1. The van der Waals surface area contributed by atoms with Gasteiger partial charge in [0.15, 0.2) is 6.61 Å². The van der Waals surface area contributed by atoms with Crippen LogP contribution in [-0.4, -0.2) is 25.2 Å². The summed E-state index contributed by atoms with van der Waals surface area (Å²) < 4.78 is 16.6. The number of benzene rings is 2. The second kappa shape index (κ2) is 8.49. The molecule has 0 aliphatic rings. The number of carbonyl (C=O) groups excluding carboxylic acids is 2. The molecule has 0 saturated carbocycles. The third-order valence-electron chi connectivity index (χ3n) is 3.09. The highest BCUT2D eigenvalue weighted by Gasteiger charge is 2.16. The van der Waals surface area contributed by atoms with Crippen LogP contribution in [-0.2, 0) is 9.53 Å². The van der Waals surface area contributed by atoms with Crippen LogP contribution in [0.15, 0.2) is 46.9 Å². The van der Waals surface area contributed by atoms with Crippen molar-refractivity contribution in [2.24, 2.45) is 0 Å². The topological polar surface area (TPSA) is 61.8 Å². The molecule has 0 amide bonds. The van der Waals surface area contributed by atoms with Crippen LogP contribution in [0.1, 0.15) is 22.8 Å². The molecule has 0 aromatic heterocycles. The van der Waals surface area contributed by atoms with Gasteiger partial charge in [-0.15, -0.1) is 0 Å². The van der Waals surface area contributed by atoms with Gasteiger partial charge in [0.1, 0.15) is 17.1 Å². The Labute approximate surface area is 148 Å². The maximum absolute atomic E-state index is 12.0. The first-order valence-electron chi connectivity index (χ1n) is 7.37. The zero-order valence-corrected chi connectivity index (χ0v) is 15.0. The molecule has 0 saturated heterocycles. The first-order chi connectivity index (χ1) is 11.5. The minimum atomic E-state index is -0.603. The largest absolute Gasteiger partial charge is 0.482 e. The smallest absolute Gasteiger partial charge is 0.349 e. The van der Waals surface area contributed by atoms with Gasteiger partial charge in [0, 0.05) is 4.47 Å². The van der Waals surface area contributed by atoms with Gasteiger partial charge in [0.2, 0.25) is 0 Å². The molecule has 0 bridgehead atoms. The molecule has 0 aliphatic heterocycles. The molecule has 0 aliphatic carbocycles. The van der Waals surface area contributed by atoms with Crippen molar-refractivity contribution in [2.45, 2.75) is 13.8 Å². The third-order valence-corrected chi connectivity index (χ3v) is 3.58. The van der Waals surface area contributed by atoms with E-state index in [1.54, 1.807) is 31.2 Å². The number of aryl methyl sites for hydroxylation is 1. The Morgan fingerprint density at radius 3 is 2.54 bits per heavy atom. The molecule has 0 spiro atoms. The maximum atomic E-state index is 12.0. The molecular weight excluding hydrogens is 376 g/mol. The van der Waals surface area contributed by atoms with E-state index in [0.717, 1.165) is 10.0 Å². The number of rotatable bonds is 6. The van der Waals surface area contributed by atoms with Crippen molar-refractivity contribution in [3.05, 3.63) is 58.1 Å². The van der Waals surface area contributed by atoms with Crippen LogP contribution in [0.5, 0.6) is 11.5 Å². The van der Waals surface area contributed by atoms with Gasteiger partial charge in [-0.1, -0.05) is 28.1 Å². The van der Waals surface area contributed by atoms with Crippen LogP contribution in [0.2, 0.25) is 0 Å². The lowest BCUT2D eigenvalue weighted by molar-refractivity contribution is -0.136. The van der Waals surface area contributed by atoms with E-state index in [1.165, 1.54) is 6.07 Å². The van der Waals surface area contributed by atoms with Crippen molar-refractivity contribution in [3.8, 4) is 11.5 Å². The number of para-hydroxylation sites is 1. The molecule has 5 nitrogen and oxygen atoms in total. The fourth-order valence-corrected chi connectivity index (χ4v) is 2.47. The van der Waals surface area contributed by atoms with Crippen LogP contribution < -0.4 is 9.47 Å². The molecule has 0 radical (unpaired) electrons. The quantitative estimate of drug-likeness (QED) is 0.550. The Hall–Kier alpha value is -2.34. The Bertz CT molecular complexity index is 742. The molecule has 6 heteroatoms. The van der Waals surface area contributed by atoms with Gasteiger partial charge in [-0.2, -0.15) is 0 Å². The zero-order chi connectivity index (χ0) is 17.5. The molecule has 126 valence electrons. The molecule has 0 atom stereocenters. The van der Waals surface area contributed by atoms with Crippen LogP contribution in [0.3, 0.4) is 0 Å². The summed E-state index contributed by atoms with van der Waals surface area (Å²) in [5.41, 5.74) is 1.09. The van der Waals surface area contributed by atoms with Crippen molar-refractivity contribution < 1.29 is 23.8 Å². The summed E-state index contributed by atoms with van der Waals surface area (Å²) in [6, 6.07) is 11.9. The lowest BCUT2D eigenvalue weighted by atomic mass is 10.2. The Morgan fingerprint density at radius 1 is 1.08 bits per heavy atom. The lowest BCUT2D eigenvalue weighted by Crippen LogP contribution is -2.19. The summed E-state index contributed by atoms with van der Waals surface area (Å²) >= 11 is 3.36. The van der Waals surface area contributed by atoms with Crippen LogP contribution in [0.4, 0.5) is 0 Å². The van der Waals surface area contributed by atoms with E-state index in [1.807, 2.05) is 19.1 Å². The standard InChI is InChI=1S/C18H17BrO5/c1-3-22-18(21)14-6-4-5-7-16(14)24-17(20)11-23-15-9-8-13(19)10-12(15)2/h4-10H,3,11H2,1-2H3. The molecule has 2 aromatic rings. The SMILES string of the molecule is CCOC(=O)c1ccccc1OC(=O)COc1ccc(Br)cc1C. The number of ether oxygens (including phenoxy) is 3. The van der Waals surface area contributed by atoms with Gasteiger partial charge in [0.05, 0.1) is 6.61 Å². The van der Waals surface area contributed by atoms with Crippen molar-refractivity contribution in [2.75, 3.05) is 13.2 Å². The Kier molecular flexibility index (Phi) is 6.37. The summed E-state index contributed by atoms with van der Waals surface area (Å²) in [4.78, 5) is 23.8. The summed E-state index contributed by atoms with van der Waals surface area (Å²) in [6.07, 6.45) is 0. The lowest BCUT2D eigenvalue weighted by Gasteiger charge is -2.11. The van der Waals surface area contributed by atoms with Gasteiger partial charge in [-0.05, 0) is 49.7 Å². The molecule has 24 heavy (non-hydrogen) atoms. The number of carbonyl (C=O) groups is 2. The Morgan fingerprint density at radius 2 is 1.83 bits per heavy atom. The molecule has 2 aromatic carbocycles. The summed E-state index contributed by atoms with van der Waals surface area (Å²) in [5.74, 6) is -0.398. The van der Waals surface area contributed by atoms with E-state index in [-0.39, 0.29) is 24.5 Å². The maximum Gasteiger partial charge on any atom is 0.349 e. The van der Waals surface area contributed by atoms with E-state index < -0.39 is 11.9 Å². The third kappa shape index (κ3) is 4.83. The Balaban J connectivity index is 2.01. The molecule has 0 N–H and O–H groups in total. The van der Waals surface area contributed by atoms with Gasteiger partial charge in [-0.3, -0.25) is 0 Å². The van der Waals surface area contributed by atoms with Crippen molar-refractivity contribution in [1.29, 1.82) is 0 Å². The van der Waals surface area contributed by atoms with Gasteiger partial charge < -0.3 is 14.2 Å². The van der Waals surface area contributed by atoms with Gasteiger partial charge >= 0.3 is 11.9 Å². The average molecular weight is 393 g/mol. The fraction of sp³-hybridized carbons (Fsp3) is 0.222. The number of hydrogen-bond donors (Lipinski definition) is 0. The minimum absolute atomic E-state index is 0.150. The first kappa shape index (κ1) is 18.0. The van der Waals surface area contributed by atoms with Crippen LogP contribution in [0.25, 0.3) is 0 Å². The number of halogens is 1. The summed E-state index contributed by atoms with van der Waals surface area (Å²) in [6.45, 7) is 3.56. The monoisotopic (exact) mass is 392 g/mol. The summed E-state index contributed by atoms with van der Waals surface area (Å²) in [5, 5.41) is 0. The van der Waals surface area contributed by atoms with E-state index in [2.05, 4.69) is 15.9 Å². The second-order valence-electron chi connectivity index (χ2n) is 4.89. The van der Waals surface area contributed by atoms with Crippen LogP contribution in [0, 0.1) is 6.92 Å². The zero-order valence-electron chi connectivity index (χ0n) is 13.4. The average Bonchev–Trinajstić information content (AvgIpc) is 2.54. The fourth-order valence-electron chi connectivity index (χ4n) is 2.00. The minimum Gasteiger partial charge on any atom is -0.482 e. The predicted octanol–water partition coefficient (Wildman–Crippen LogP) is 3.92. The highest BCUT2D eigenvalue weighted by Crippen LogP contribution is 2.23. The predicted molar refractivity (Wildman–Crippen MR) is 92.4 cm³/mol. The van der Waals surface area contributed by atoms with E-state index in [0.29, 0.717) is 5.75 Å². The van der Waals surface area contributed by atoms with E-state index >= 15 is 0 Å². The second-order valence-corrected chi connectivity index (χ2v) is 5.80. The van der Waals surface area contributed by atoms with Gasteiger partial charge in [0.25, 0.3) is 0 Å². The molecule has 2 rings (SSSR count). The first-order valence-corrected chi connectivity index (χ1v) is 8.16. The molecule has 0 heterocycles. The van der Waals surface area contributed by atoms with Crippen molar-refractivity contribution >= 4 is 27.9 Å². The van der Waals surface area contributed by atoms with Crippen molar-refractivity contribution in [1.82, 2.24) is 0 Å². The molecule has 0 fully saturated rings. The molecule has 0 unspecified atom stereocenters. The van der Waals surface area contributed by atoms with E-state index in [9.17, 15) is 9.59 Å². The number of hydrogen-bond acceptors (Lipinski definition) is 5. The highest BCUT2D eigenvalue weighted by atomic mass is 79.9. The van der Waals surface area contributed by atoms with Crippen LogP contribution >= 0.6 is 15.9 Å². The summed E-state index contributed by atoms with van der Waals surface area (Å²) in [7, 11) is 0. The highest BCUT2D eigenvalue weighted by molar-refractivity contribution is 9.10. The van der Waals surface area contributed by atoms with Crippen molar-refractivity contribution in [3.63, 3.8) is 0 Å². The molecular formula is C18H17BrO5. The van der Waals surface area contributed by atoms with E-state index in [4.69, 9.17) is 14.2 Å². The number of esters is 2. The van der Waals surface area contributed by atoms with Gasteiger partial charge in [-0.25, -0.2) is 9.59 Å².